The van der Waals surface area contributed by atoms with Crippen molar-refractivity contribution in [3.05, 3.63) is 66.2 Å². The summed E-state index contributed by atoms with van der Waals surface area (Å²) in [6.45, 7) is 1.46. The molecule has 0 aliphatic carbocycles. The molecule has 0 radical (unpaired) electrons. The van der Waals surface area contributed by atoms with Crippen LogP contribution in [0.15, 0.2) is 60.7 Å². The Kier molecular flexibility index (Phi) is 5.26. The Labute approximate surface area is 156 Å². The highest BCUT2D eigenvalue weighted by Crippen LogP contribution is 2.26. The van der Waals surface area contributed by atoms with Gasteiger partial charge < -0.3 is 19.9 Å². The van der Waals surface area contributed by atoms with Gasteiger partial charge in [-0.1, -0.05) is 30.3 Å². The number of ether oxygens (including phenoxy) is 2. The van der Waals surface area contributed by atoms with Gasteiger partial charge >= 0.3 is 5.97 Å². The third-order valence-corrected chi connectivity index (χ3v) is 4.07. The van der Waals surface area contributed by atoms with Crippen molar-refractivity contribution in [3.63, 3.8) is 0 Å². The Bertz CT molecular complexity index is 999. The lowest BCUT2D eigenvalue weighted by Gasteiger charge is -2.15. The number of esters is 1. The number of methoxy groups -OCH3 is 1. The van der Waals surface area contributed by atoms with E-state index in [0.717, 1.165) is 10.8 Å². The lowest BCUT2D eigenvalue weighted by atomic mass is 10.1. The van der Waals surface area contributed by atoms with E-state index in [-0.39, 0.29) is 11.3 Å². The van der Waals surface area contributed by atoms with Gasteiger partial charge in [-0.25, -0.2) is 4.79 Å². The SMILES string of the molecule is COc1cccc(NC(=O)[C@H](C)OC(=O)c2cc3ccccc3cc2O)c1. The number of hydrogen-bond acceptors (Lipinski definition) is 5. The molecule has 0 aliphatic rings. The summed E-state index contributed by atoms with van der Waals surface area (Å²) in [6, 6.07) is 17.2. The van der Waals surface area contributed by atoms with Crippen molar-refractivity contribution in [1.29, 1.82) is 0 Å². The van der Waals surface area contributed by atoms with Crippen molar-refractivity contribution < 1.29 is 24.2 Å². The molecule has 2 N–H and O–H groups in total. The van der Waals surface area contributed by atoms with Crippen LogP contribution in [0.5, 0.6) is 11.5 Å². The number of aromatic hydroxyl groups is 1. The van der Waals surface area contributed by atoms with Gasteiger partial charge in [-0.05, 0) is 42.0 Å². The summed E-state index contributed by atoms with van der Waals surface area (Å²) in [7, 11) is 1.53. The highest BCUT2D eigenvalue weighted by atomic mass is 16.5. The Hall–Kier alpha value is -3.54. The second-order valence-electron chi connectivity index (χ2n) is 5.99. The average Bonchev–Trinajstić information content (AvgIpc) is 2.67. The normalized spacial score (nSPS) is 11.6. The average molecular weight is 365 g/mol. The molecule has 1 amide bonds. The molecular weight excluding hydrogens is 346 g/mol. The number of phenolic OH excluding ortho intramolecular Hbond substituents is 1. The number of carbonyl (C=O) groups is 2. The van der Waals surface area contributed by atoms with Crippen molar-refractivity contribution in [2.75, 3.05) is 12.4 Å². The van der Waals surface area contributed by atoms with Crippen LogP contribution in [0.3, 0.4) is 0 Å². The summed E-state index contributed by atoms with van der Waals surface area (Å²) < 4.78 is 10.3. The topological polar surface area (TPSA) is 84.9 Å². The highest BCUT2D eigenvalue weighted by molar-refractivity contribution is 6.01. The third kappa shape index (κ3) is 4.17. The van der Waals surface area contributed by atoms with Crippen LogP contribution in [0.2, 0.25) is 0 Å². The molecule has 0 bridgehead atoms. The molecule has 1 atom stereocenters. The second kappa shape index (κ2) is 7.78. The van der Waals surface area contributed by atoms with E-state index < -0.39 is 18.0 Å². The number of nitrogens with one attached hydrogen (secondary N) is 1. The maximum absolute atomic E-state index is 12.4. The largest absolute Gasteiger partial charge is 0.507 e. The van der Waals surface area contributed by atoms with Gasteiger partial charge in [0.2, 0.25) is 0 Å². The zero-order valence-corrected chi connectivity index (χ0v) is 14.9. The van der Waals surface area contributed by atoms with E-state index >= 15 is 0 Å². The second-order valence-corrected chi connectivity index (χ2v) is 5.99. The lowest BCUT2D eigenvalue weighted by Crippen LogP contribution is -2.30. The molecule has 138 valence electrons. The fourth-order valence-electron chi connectivity index (χ4n) is 2.61. The summed E-state index contributed by atoms with van der Waals surface area (Å²) in [5.41, 5.74) is 0.533. The van der Waals surface area contributed by atoms with Crippen molar-refractivity contribution in [3.8, 4) is 11.5 Å². The molecule has 6 nitrogen and oxygen atoms in total. The minimum Gasteiger partial charge on any atom is -0.507 e. The molecule has 3 rings (SSSR count). The Morgan fingerprint density at radius 2 is 1.70 bits per heavy atom. The van der Waals surface area contributed by atoms with Crippen molar-refractivity contribution in [1.82, 2.24) is 0 Å². The summed E-state index contributed by atoms with van der Waals surface area (Å²) in [5, 5.41) is 14.4. The van der Waals surface area contributed by atoms with E-state index in [1.807, 2.05) is 24.3 Å². The van der Waals surface area contributed by atoms with Crippen LogP contribution < -0.4 is 10.1 Å². The first-order valence-corrected chi connectivity index (χ1v) is 8.35. The van der Waals surface area contributed by atoms with E-state index in [1.54, 1.807) is 30.3 Å². The lowest BCUT2D eigenvalue weighted by molar-refractivity contribution is -0.123. The van der Waals surface area contributed by atoms with Crippen LogP contribution in [0.25, 0.3) is 10.8 Å². The number of benzene rings is 3. The standard InChI is InChI=1S/C21H19NO5/c1-13(20(24)22-16-8-5-9-17(12-16)26-2)27-21(25)18-10-14-6-3-4-7-15(14)11-19(18)23/h3-13,23H,1-2H3,(H,22,24)/t13-/m0/s1. The van der Waals surface area contributed by atoms with Crippen LogP contribution in [0.1, 0.15) is 17.3 Å². The number of phenols is 1. The summed E-state index contributed by atoms with van der Waals surface area (Å²) >= 11 is 0. The number of hydrogen-bond donors (Lipinski definition) is 2. The first-order valence-electron chi connectivity index (χ1n) is 8.35. The van der Waals surface area contributed by atoms with Gasteiger partial charge in [0.05, 0.1) is 7.11 Å². The number of carbonyl (C=O) groups excluding carboxylic acids is 2. The molecule has 0 fully saturated rings. The fraction of sp³-hybridized carbons (Fsp3) is 0.143. The van der Waals surface area contributed by atoms with Crippen LogP contribution >= 0.6 is 0 Å². The van der Waals surface area contributed by atoms with Gasteiger partial charge in [0, 0.05) is 11.8 Å². The Balaban J connectivity index is 1.71. The third-order valence-electron chi connectivity index (χ3n) is 4.07. The highest BCUT2D eigenvalue weighted by Gasteiger charge is 2.21. The van der Waals surface area contributed by atoms with Gasteiger partial charge in [-0.2, -0.15) is 0 Å². The maximum Gasteiger partial charge on any atom is 0.342 e. The molecule has 6 heteroatoms. The van der Waals surface area contributed by atoms with E-state index in [1.165, 1.54) is 20.1 Å². The number of fused-ring (bicyclic) bond motifs is 1. The van der Waals surface area contributed by atoms with Crippen LogP contribution in [-0.2, 0) is 9.53 Å². The van der Waals surface area contributed by atoms with Gasteiger partial charge in [-0.15, -0.1) is 0 Å². The zero-order chi connectivity index (χ0) is 19.4. The molecule has 0 heterocycles. The van der Waals surface area contributed by atoms with Gasteiger partial charge in [0.15, 0.2) is 6.10 Å². The number of anilines is 1. The molecule has 3 aromatic carbocycles. The smallest absolute Gasteiger partial charge is 0.342 e. The molecule has 0 saturated heterocycles. The number of amides is 1. The van der Waals surface area contributed by atoms with Crippen molar-refractivity contribution in [2.24, 2.45) is 0 Å². The van der Waals surface area contributed by atoms with Crippen LogP contribution in [-0.4, -0.2) is 30.2 Å². The van der Waals surface area contributed by atoms with E-state index in [4.69, 9.17) is 9.47 Å². The molecule has 27 heavy (non-hydrogen) atoms. The minimum absolute atomic E-state index is 0.00901. The quantitative estimate of drug-likeness (QED) is 0.673. The fourth-order valence-corrected chi connectivity index (χ4v) is 2.61. The van der Waals surface area contributed by atoms with Crippen molar-refractivity contribution >= 4 is 28.3 Å². The molecule has 0 aromatic heterocycles. The van der Waals surface area contributed by atoms with Gasteiger partial charge in [0.1, 0.15) is 17.1 Å². The molecule has 0 spiro atoms. The molecule has 3 aromatic rings. The Morgan fingerprint density at radius 3 is 2.41 bits per heavy atom. The summed E-state index contributed by atoms with van der Waals surface area (Å²) in [6.07, 6.45) is -1.05. The molecule has 0 unspecified atom stereocenters. The van der Waals surface area contributed by atoms with Crippen molar-refractivity contribution in [2.45, 2.75) is 13.0 Å². The van der Waals surface area contributed by atoms with Gasteiger partial charge in [0.25, 0.3) is 5.91 Å². The van der Waals surface area contributed by atoms with Crippen LogP contribution in [0.4, 0.5) is 5.69 Å². The number of rotatable bonds is 5. The minimum atomic E-state index is -1.05. The summed E-state index contributed by atoms with van der Waals surface area (Å²) in [4.78, 5) is 24.7. The van der Waals surface area contributed by atoms with E-state index in [0.29, 0.717) is 11.4 Å². The van der Waals surface area contributed by atoms with Crippen LogP contribution in [0, 0.1) is 0 Å². The van der Waals surface area contributed by atoms with Gasteiger partial charge in [-0.3, -0.25) is 4.79 Å². The Morgan fingerprint density at radius 1 is 1.00 bits per heavy atom. The van der Waals surface area contributed by atoms with E-state index in [2.05, 4.69) is 5.32 Å². The molecule has 0 aliphatic heterocycles. The zero-order valence-electron chi connectivity index (χ0n) is 14.9. The first kappa shape index (κ1) is 18.3. The maximum atomic E-state index is 12.4. The predicted octanol–water partition coefficient (Wildman–Crippen LogP) is 3.74. The first-order chi connectivity index (χ1) is 13.0. The van der Waals surface area contributed by atoms with E-state index in [9.17, 15) is 14.7 Å². The molecule has 0 saturated carbocycles. The summed E-state index contributed by atoms with van der Waals surface area (Å²) in [5.74, 6) is -0.860. The monoisotopic (exact) mass is 365 g/mol. The molecular formula is C21H19NO5. The predicted molar refractivity (Wildman–Crippen MR) is 102 cm³/mol.